The highest BCUT2D eigenvalue weighted by atomic mass is 16.5. The molecule has 0 spiro atoms. The molecule has 1 amide bonds. The zero-order valence-corrected chi connectivity index (χ0v) is 9.75. The lowest BCUT2D eigenvalue weighted by Gasteiger charge is -1.99. The number of carbonyl (C=O) groups is 2. The number of aromatic nitrogens is 1. The molecule has 0 atom stereocenters. The molecule has 1 aromatic carbocycles. The number of hydrogen-bond acceptors (Lipinski definition) is 5. The van der Waals surface area contributed by atoms with Gasteiger partial charge in [-0.2, -0.15) is 4.98 Å². The number of oxazole rings is 1. The third-order valence-electron chi connectivity index (χ3n) is 2.19. The van der Waals surface area contributed by atoms with Crippen LogP contribution in [0.4, 0.5) is 10.8 Å². The number of hydrogen-bond donors (Lipinski definition) is 2. The van der Waals surface area contributed by atoms with E-state index in [1.165, 1.54) is 18.2 Å². The Balaban J connectivity index is 2.26. The number of benzene rings is 1. The number of nitrogens with zero attached hydrogens (tertiary/aromatic N) is 1. The number of fused-ring (bicyclic) bond motifs is 1. The molecule has 1 aromatic heterocycles. The predicted octanol–water partition coefficient (Wildman–Crippen LogP) is 2.26. The molecule has 0 aliphatic heterocycles. The van der Waals surface area contributed by atoms with Gasteiger partial charge in [0.25, 0.3) is 0 Å². The van der Waals surface area contributed by atoms with Crippen LogP contribution in [0.25, 0.3) is 11.1 Å². The number of rotatable bonds is 4. The van der Waals surface area contributed by atoms with Gasteiger partial charge in [-0.25, -0.2) is 14.9 Å². The summed E-state index contributed by atoms with van der Waals surface area (Å²) in [5.41, 5.74) is 0.418. The van der Waals surface area contributed by atoms with Crippen LogP contribution in [-0.4, -0.2) is 28.8 Å². The van der Waals surface area contributed by atoms with E-state index >= 15 is 0 Å². The number of ether oxygens (including phenoxy) is 1. The lowest BCUT2D eigenvalue weighted by molar-refractivity contribution is 0.0698. The molecule has 0 bridgehead atoms. The fourth-order valence-electron chi connectivity index (χ4n) is 1.43. The summed E-state index contributed by atoms with van der Waals surface area (Å²) < 4.78 is 9.88. The number of nitrogens with one attached hydrogen (secondary N) is 1. The SMILES string of the molecule is C=CCOC(=O)Nc1nc2c(C(=O)O)cccc2o1. The average Bonchev–Trinajstić information content (AvgIpc) is 2.77. The monoisotopic (exact) mass is 262 g/mol. The van der Waals surface area contributed by atoms with Gasteiger partial charge in [-0.1, -0.05) is 18.7 Å². The van der Waals surface area contributed by atoms with E-state index < -0.39 is 12.1 Å². The fourth-order valence-corrected chi connectivity index (χ4v) is 1.43. The Bertz CT molecular complexity index is 647. The number of carbonyl (C=O) groups excluding carboxylic acids is 1. The van der Waals surface area contributed by atoms with Gasteiger partial charge in [-0.3, -0.25) is 0 Å². The van der Waals surface area contributed by atoms with Crippen molar-refractivity contribution in [1.29, 1.82) is 0 Å². The van der Waals surface area contributed by atoms with Crippen molar-refractivity contribution < 1.29 is 23.8 Å². The van der Waals surface area contributed by atoms with Crippen LogP contribution in [0.15, 0.2) is 35.3 Å². The number of aromatic carboxylic acids is 1. The quantitative estimate of drug-likeness (QED) is 0.819. The van der Waals surface area contributed by atoms with E-state index in [-0.39, 0.29) is 29.3 Å². The Kier molecular flexibility index (Phi) is 3.46. The molecule has 98 valence electrons. The van der Waals surface area contributed by atoms with Crippen molar-refractivity contribution in [1.82, 2.24) is 4.98 Å². The summed E-state index contributed by atoms with van der Waals surface area (Å²) in [7, 11) is 0. The van der Waals surface area contributed by atoms with Gasteiger partial charge in [-0.15, -0.1) is 0 Å². The highest BCUT2D eigenvalue weighted by Gasteiger charge is 2.15. The summed E-state index contributed by atoms with van der Waals surface area (Å²) in [4.78, 5) is 26.1. The van der Waals surface area contributed by atoms with Crippen LogP contribution in [0.3, 0.4) is 0 Å². The summed E-state index contributed by atoms with van der Waals surface area (Å²) in [5.74, 6) is -1.13. The maximum absolute atomic E-state index is 11.3. The van der Waals surface area contributed by atoms with Crippen molar-refractivity contribution in [2.24, 2.45) is 0 Å². The molecule has 7 nitrogen and oxygen atoms in total. The number of anilines is 1. The second kappa shape index (κ2) is 5.21. The van der Waals surface area contributed by atoms with Gasteiger partial charge in [0.15, 0.2) is 5.58 Å². The predicted molar refractivity (Wildman–Crippen MR) is 66.1 cm³/mol. The molecule has 19 heavy (non-hydrogen) atoms. The van der Waals surface area contributed by atoms with Crippen LogP contribution in [0.2, 0.25) is 0 Å². The van der Waals surface area contributed by atoms with Crippen molar-refractivity contribution in [3.8, 4) is 0 Å². The van der Waals surface area contributed by atoms with Crippen molar-refractivity contribution in [2.75, 3.05) is 11.9 Å². The second-order valence-electron chi connectivity index (χ2n) is 3.49. The zero-order valence-electron chi connectivity index (χ0n) is 9.75. The van der Waals surface area contributed by atoms with E-state index in [1.54, 1.807) is 6.07 Å². The highest BCUT2D eigenvalue weighted by Crippen LogP contribution is 2.22. The normalized spacial score (nSPS) is 10.1. The van der Waals surface area contributed by atoms with Crippen LogP contribution < -0.4 is 5.32 Å². The standard InChI is InChI=1S/C12H10N2O5/c1-2-6-18-12(17)14-11-13-9-7(10(15)16)4-3-5-8(9)19-11/h2-5H,1,6H2,(H,15,16)(H,13,14,17). The van der Waals surface area contributed by atoms with Crippen molar-refractivity contribution in [2.45, 2.75) is 0 Å². The number of para-hydroxylation sites is 1. The van der Waals surface area contributed by atoms with Crippen molar-refractivity contribution >= 4 is 29.2 Å². The largest absolute Gasteiger partial charge is 0.478 e. The Morgan fingerprint density at radius 1 is 1.53 bits per heavy atom. The minimum absolute atomic E-state index is 0.00578. The van der Waals surface area contributed by atoms with E-state index in [0.29, 0.717) is 0 Å². The smallest absolute Gasteiger partial charge is 0.415 e. The molecule has 1 heterocycles. The van der Waals surface area contributed by atoms with E-state index in [9.17, 15) is 9.59 Å². The molecule has 0 radical (unpaired) electrons. The minimum atomic E-state index is -1.13. The van der Waals surface area contributed by atoms with Crippen LogP contribution >= 0.6 is 0 Å². The maximum atomic E-state index is 11.3. The summed E-state index contributed by atoms with van der Waals surface area (Å²) in [6.45, 7) is 3.44. The first kappa shape index (κ1) is 12.6. The van der Waals surface area contributed by atoms with Crippen LogP contribution in [0.1, 0.15) is 10.4 Å². The summed E-state index contributed by atoms with van der Waals surface area (Å²) >= 11 is 0. The third kappa shape index (κ3) is 2.71. The van der Waals surface area contributed by atoms with E-state index in [0.717, 1.165) is 0 Å². The van der Waals surface area contributed by atoms with Gasteiger partial charge >= 0.3 is 18.1 Å². The fraction of sp³-hybridized carbons (Fsp3) is 0.0833. The van der Waals surface area contributed by atoms with Crippen molar-refractivity contribution in [3.63, 3.8) is 0 Å². The molecule has 0 unspecified atom stereocenters. The summed E-state index contributed by atoms with van der Waals surface area (Å²) in [6, 6.07) is 4.34. The Labute approximate surface area is 107 Å². The van der Waals surface area contributed by atoms with Crippen molar-refractivity contribution in [3.05, 3.63) is 36.4 Å². The minimum Gasteiger partial charge on any atom is -0.478 e. The first-order valence-electron chi connectivity index (χ1n) is 5.29. The van der Waals surface area contributed by atoms with Gasteiger partial charge in [0.1, 0.15) is 12.1 Å². The van der Waals surface area contributed by atoms with E-state index in [1.807, 2.05) is 0 Å². The first-order chi connectivity index (χ1) is 9.11. The van der Waals surface area contributed by atoms with Gasteiger partial charge in [-0.05, 0) is 12.1 Å². The van der Waals surface area contributed by atoms with Gasteiger partial charge in [0.2, 0.25) is 0 Å². The van der Waals surface area contributed by atoms with Crippen LogP contribution in [0, 0.1) is 0 Å². The topological polar surface area (TPSA) is 102 Å². The Morgan fingerprint density at radius 2 is 2.32 bits per heavy atom. The molecule has 0 saturated carbocycles. The molecule has 0 fully saturated rings. The van der Waals surface area contributed by atoms with Gasteiger partial charge < -0.3 is 14.3 Å². The Morgan fingerprint density at radius 3 is 3.00 bits per heavy atom. The molecule has 0 aliphatic carbocycles. The van der Waals surface area contributed by atoms with Crippen LogP contribution in [-0.2, 0) is 4.74 Å². The number of carboxylic acids is 1. The number of amides is 1. The van der Waals surface area contributed by atoms with E-state index in [2.05, 4.69) is 21.6 Å². The highest BCUT2D eigenvalue weighted by molar-refractivity contribution is 6.01. The molecule has 2 rings (SSSR count). The van der Waals surface area contributed by atoms with E-state index in [4.69, 9.17) is 9.52 Å². The number of carboxylic acid groups (broad SMARTS) is 1. The molecule has 0 aliphatic rings. The van der Waals surface area contributed by atoms with Gasteiger partial charge in [0.05, 0.1) is 5.56 Å². The molecule has 0 saturated heterocycles. The average molecular weight is 262 g/mol. The Hall–Kier alpha value is -2.83. The maximum Gasteiger partial charge on any atom is 0.415 e. The first-order valence-corrected chi connectivity index (χ1v) is 5.29. The molecule has 7 heteroatoms. The third-order valence-corrected chi connectivity index (χ3v) is 2.19. The summed E-state index contributed by atoms with van der Waals surface area (Å²) in [5, 5.41) is 11.2. The molecular formula is C12H10N2O5. The molecule has 2 N–H and O–H groups in total. The zero-order chi connectivity index (χ0) is 13.8. The lowest BCUT2D eigenvalue weighted by Crippen LogP contribution is -2.13. The second-order valence-corrected chi connectivity index (χ2v) is 3.49. The molecule has 2 aromatic rings. The molecular weight excluding hydrogens is 252 g/mol. The van der Waals surface area contributed by atoms with Crippen LogP contribution in [0.5, 0.6) is 0 Å². The lowest BCUT2D eigenvalue weighted by atomic mass is 10.2. The van der Waals surface area contributed by atoms with Gasteiger partial charge in [0, 0.05) is 0 Å². The summed E-state index contributed by atoms with van der Waals surface area (Å²) in [6.07, 6.45) is 0.650.